The lowest BCUT2D eigenvalue weighted by molar-refractivity contribution is 0.0975. The first-order chi connectivity index (χ1) is 15.8. The van der Waals surface area contributed by atoms with Gasteiger partial charge in [0.25, 0.3) is 5.91 Å². The molecule has 0 aliphatic carbocycles. The van der Waals surface area contributed by atoms with E-state index in [1.807, 2.05) is 68.4 Å². The van der Waals surface area contributed by atoms with Gasteiger partial charge in [-0.3, -0.25) is 4.79 Å². The smallest absolute Gasteiger partial charge is 0.262 e. The highest BCUT2D eigenvalue weighted by Crippen LogP contribution is 2.33. The molecule has 4 rings (SSSR count). The minimum atomic E-state index is -0.391. The highest BCUT2D eigenvalue weighted by Gasteiger charge is 2.26. The number of phenolic OH excluding ortho intramolecular Hbond substituents is 2. The Bertz CT molecular complexity index is 1290. The molecule has 0 bridgehead atoms. The van der Waals surface area contributed by atoms with Gasteiger partial charge in [-0.2, -0.15) is 0 Å². The molecule has 1 heterocycles. The molecule has 0 unspecified atom stereocenters. The first-order valence-corrected chi connectivity index (χ1v) is 10.7. The van der Waals surface area contributed by atoms with Gasteiger partial charge in [0, 0.05) is 23.5 Å². The number of aryl methyl sites for hydroxylation is 1. The third-order valence-corrected chi connectivity index (χ3v) is 5.64. The van der Waals surface area contributed by atoms with E-state index >= 15 is 0 Å². The number of amides is 1. The van der Waals surface area contributed by atoms with Crippen LogP contribution in [0.5, 0.6) is 11.5 Å². The minimum absolute atomic E-state index is 0.0954. The van der Waals surface area contributed by atoms with Gasteiger partial charge in [-0.05, 0) is 60.8 Å². The van der Waals surface area contributed by atoms with Crippen LogP contribution >= 0.6 is 11.6 Å². The van der Waals surface area contributed by atoms with Crippen molar-refractivity contribution in [2.75, 3.05) is 4.90 Å². The van der Waals surface area contributed by atoms with Gasteiger partial charge in [-0.1, -0.05) is 42.5 Å². The van der Waals surface area contributed by atoms with Gasteiger partial charge in [-0.25, -0.2) is 9.97 Å². The summed E-state index contributed by atoms with van der Waals surface area (Å²) in [5.74, 6) is -0.791. The van der Waals surface area contributed by atoms with Crippen molar-refractivity contribution in [3.63, 3.8) is 0 Å². The molecule has 1 atom stereocenters. The van der Waals surface area contributed by atoms with Gasteiger partial charge in [0.15, 0.2) is 0 Å². The summed E-state index contributed by atoms with van der Waals surface area (Å²) < 4.78 is 0. The number of aromatic hydroxyl groups is 2. The molecule has 0 radical (unpaired) electrons. The zero-order chi connectivity index (χ0) is 23.5. The molecule has 3 aromatic carbocycles. The van der Waals surface area contributed by atoms with E-state index in [1.54, 1.807) is 11.1 Å². The number of benzene rings is 3. The van der Waals surface area contributed by atoms with E-state index in [0.29, 0.717) is 11.4 Å². The summed E-state index contributed by atoms with van der Waals surface area (Å²) in [5, 5.41) is 20.1. The molecule has 166 valence electrons. The second-order valence-electron chi connectivity index (χ2n) is 7.68. The lowest BCUT2D eigenvalue weighted by Gasteiger charge is -2.30. The number of anilines is 1. The standard InChI is InChI=1S/C26H22ClN3O3/c1-16-15-28-26(27)29-24(16)19-8-10-20(11-9-19)30(17(2)18-6-4-3-5-7-18)25(33)22-13-12-21(31)14-23(22)32/h3-15,17,31-32H,1-2H3/t17-/m0/s1. The number of rotatable bonds is 5. The Morgan fingerprint density at radius 3 is 2.36 bits per heavy atom. The van der Waals surface area contributed by atoms with Crippen LogP contribution in [0.4, 0.5) is 5.69 Å². The molecule has 2 N–H and O–H groups in total. The summed E-state index contributed by atoms with van der Waals surface area (Å²) in [4.78, 5) is 23.5. The van der Waals surface area contributed by atoms with E-state index in [-0.39, 0.29) is 28.4 Å². The van der Waals surface area contributed by atoms with Crippen LogP contribution in [0.25, 0.3) is 11.3 Å². The summed E-state index contributed by atoms with van der Waals surface area (Å²) in [6.07, 6.45) is 1.67. The molecule has 0 saturated carbocycles. The van der Waals surface area contributed by atoms with Crippen molar-refractivity contribution in [2.45, 2.75) is 19.9 Å². The van der Waals surface area contributed by atoms with Gasteiger partial charge in [0.1, 0.15) is 11.5 Å². The second kappa shape index (κ2) is 9.30. The highest BCUT2D eigenvalue weighted by atomic mass is 35.5. The van der Waals surface area contributed by atoms with Crippen LogP contribution in [0.1, 0.15) is 34.5 Å². The Balaban J connectivity index is 1.77. The molecule has 0 spiro atoms. The Labute approximate surface area is 196 Å². The molecule has 1 aromatic heterocycles. The quantitative estimate of drug-likeness (QED) is 0.361. The molecule has 0 saturated heterocycles. The highest BCUT2D eigenvalue weighted by molar-refractivity contribution is 6.28. The van der Waals surface area contributed by atoms with Gasteiger partial charge in [-0.15, -0.1) is 0 Å². The third kappa shape index (κ3) is 4.66. The van der Waals surface area contributed by atoms with Crippen LogP contribution in [-0.2, 0) is 0 Å². The Morgan fingerprint density at radius 2 is 1.70 bits per heavy atom. The largest absolute Gasteiger partial charge is 0.508 e. The molecule has 7 heteroatoms. The Hall–Kier alpha value is -3.90. The number of aromatic nitrogens is 2. The van der Waals surface area contributed by atoms with Crippen LogP contribution in [-0.4, -0.2) is 26.1 Å². The predicted molar refractivity (Wildman–Crippen MR) is 129 cm³/mol. The van der Waals surface area contributed by atoms with E-state index in [1.165, 1.54) is 12.1 Å². The SMILES string of the molecule is Cc1cnc(Cl)nc1-c1ccc(N(C(=O)c2ccc(O)cc2O)[C@@H](C)c2ccccc2)cc1. The van der Waals surface area contributed by atoms with Gasteiger partial charge < -0.3 is 15.1 Å². The average molecular weight is 460 g/mol. The van der Waals surface area contributed by atoms with E-state index < -0.39 is 5.91 Å². The van der Waals surface area contributed by atoms with E-state index in [9.17, 15) is 15.0 Å². The summed E-state index contributed by atoms with van der Waals surface area (Å²) >= 11 is 5.98. The number of nitrogens with zero attached hydrogens (tertiary/aromatic N) is 3. The summed E-state index contributed by atoms with van der Waals surface area (Å²) in [5.41, 5.74) is 4.11. The fourth-order valence-electron chi connectivity index (χ4n) is 3.72. The summed E-state index contributed by atoms with van der Waals surface area (Å²) in [6, 6.07) is 20.7. The van der Waals surface area contributed by atoms with E-state index in [2.05, 4.69) is 9.97 Å². The van der Waals surface area contributed by atoms with Crippen molar-refractivity contribution >= 4 is 23.2 Å². The molecular formula is C26H22ClN3O3. The minimum Gasteiger partial charge on any atom is -0.508 e. The first kappa shape index (κ1) is 22.3. The second-order valence-corrected chi connectivity index (χ2v) is 8.02. The number of carbonyl (C=O) groups is 1. The molecule has 1 amide bonds. The third-order valence-electron chi connectivity index (χ3n) is 5.46. The maximum Gasteiger partial charge on any atom is 0.262 e. The van der Waals surface area contributed by atoms with Crippen molar-refractivity contribution in [3.8, 4) is 22.8 Å². The van der Waals surface area contributed by atoms with Crippen LogP contribution in [0.2, 0.25) is 5.28 Å². The van der Waals surface area contributed by atoms with Crippen molar-refractivity contribution in [2.24, 2.45) is 0 Å². The number of hydrogen-bond acceptors (Lipinski definition) is 5. The molecule has 33 heavy (non-hydrogen) atoms. The maximum absolute atomic E-state index is 13.6. The van der Waals surface area contributed by atoms with Crippen molar-refractivity contribution in [1.29, 1.82) is 0 Å². The average Bonchev–Trinajstić information content (AvgIpc) is 2.81. The molecule has 0 fully saturated rings. The molecular weight excluding hydrogens is 438 g/mol. The number of hydrogen-bond donors (Lipinski definition) is 2. The lowest BCUT2D eigenvalue weighted by Crippen LogP contribution is -2.33. The number of phenols is 2. The number of carbonyl (C=O) groups excluding carboxylic acids is 1. The van der Waals surface area contributed by atoms with Gasteiger partial charge in [0.05, 0.1) is 17.3 Å². The Kier molecular flexibility index (Phi) is 6.29. The zero-order valence-electron chi connectivity index (χ0n) is 18.1. The van der Waals surface area contributed by atoms with E-state index in [0.717, 1.165) is 22.8 Å². The fourth-order valence-corrected chi connectivity index (χ4v) is 3.85. The first-order valence-electron chi connectivity index (χ1n) is 10.3. The number of halogens is 1. The maximum atomic E-state index is 13.6. The van der Waals surface area contributed by atoms with Gasteiger partial charge >= 0.3 is 0 Å². The summed E-state index contributed by atoms with van der Waals surface area (Å²) in [6.45, 7) is 3.83. The van der Waals surface area contributed by atoms with E-state index in [4.69, 9.17) is 11.6 Å². The van der Waals surface area contributed by atoms with Crippen LogP contribution in [0, 0.1) is 6.92 Å². The van der Waals surface area contributed by atoms with Crippen LogP contribution in [0.15, 0.2) is 79.0 Å². The predicted octanol–water partition coefficient (Wildman–Crippen LogP) is 5.92. The van der Waals surface area contributed by atoms with Crippen molar-refractivity contribution < 1.29 is 15.0 Å². The topological polar surface area (TPSA) is 86.6 Å². The molecule has 0 aliphatic heterocycles. The normalized spacial score (nSPS) is 11.7. The Morgan fingerprint density at radius 1 is 1.00 bits per heavy atom. The fraction of sp³-hybridized carbons (Fsp3) is 0.115. The van der Waals surface area contributed by atoms with Crippen LogP contribution in [0.3, 0.4) is 0 Å². The zero-order valence-corrected chi connectivity index (χ0v) is 18.9. The molecule has 4 aromatic rings. The lowest BCUT2D eigenvalue weighted by atomic mass is 10.0. The van der Waals surface area contributed by atoms with Crippen molar-refractivity contribution in [3.05, 3.63) is 101 Å². The van der Waals surface area contributed by atoms with Gasteiger partial charge in [0.2, 0.25) is 5.28 Å². The molecule has 0 aliphatic rings. The van der Waals surface area contributed by atoms with Crippen molar-refractivity contribution in [1.82, 2.24) is 9.97 Å². The van der Waals surface area contributed by atoms with Crippen LogP contribution < -0.4 is 4.90 Å². The molecule has 6 nitrogen and oxygen atoms in total. The monoisotopic (exact) mass is 459 g/mol. The summed E-state index contributed by atoms with van der Waals surface area (Å²) in [7, 11) is 0.